The van der Waals surface area contributed by atoms with Crippen LogP contribution in [0, 0.1) is 5.92 Å². The minimum Gasteiger partial charge on any atom is -0.399 e. The van der Waals surface area contributed by atoms with Gasteiger partial charge >= 0.3 is 6.18 Å². The van der Waals surface area contributed by atoms with Crippen molar-refractivity contribution in [3.05, 3.63) is 34.4 Å². The molecule has 23 heavy (non-hydrogen) atoms. The second-order valence-electron chi connectivity index (χ2n) is 5.76. The molecule has 0 amide bonds. The number of benzene rings is 1. The number of halogens is 4. The van der Waals surface area contributed by atoms with E-state index in [0.29, 0.717) is 11.5 Å². The molecule has 0 saturated heterocycles. The van der Waals surface area contributed by atoms with E-state index in [4.69, 9.17) is 0 Å². The van der Waals surface area contributed by atoms with Crippen molar-refractivity contribution < 1.29 is 18.0 Å². The number of nitrogens with zero attached hydrogens (tertiary/aromatic N) is 2. The lowest BCUT2D eigenvalue weighted by molar-refractivity contribution is -0.0629. The maximum Gasteiger partial charge on any atom is 0.433 e. The smallest absolute Gasteiger partial charge is 0.399 e. The molecule has 0 aliphatic carbocycles. The van der Waals surface area contributed by atoms with Crippen LogP contribution >= 0.6 is 15.9 Å². The fourth-order valence-corrected chi connectivity index (χ4v) is 2.85. The molecular formula is C16H18BrF3N2O. The lowest BCUT2D eigenvalue weighted by Crippen LogP contribution is -2.25. The highest BCUT2D eigenvalue weighted by Gasteiger charge is 2.37. The second-order valence-corrected chi connectivity index (χ2v) is 6.67. The first-order chi connectivity index (χ1) is 10.7. The van der Waals surface area contributed by atoms with E-state index in [1.54, 1.807) is 6.20 Å². The maximum absolute atomic E-state index is 13.0. The Bertz CT molecular complexity index is 720. The Morgan fingerprint density at radius 3 is 2.61 bits per heavy atom. The molecule has 126 valence electrons. The van der Waals surface area contributed by atoms with Crippen LogP contribution in [-0.4, -0.2) is 23.6 Å². The lowest BCUT2D eigenvalue weighted by atomic mass is 10.1. The van der Waals surface area contributed by atoms with Gasteiger partial charge in [0.2, 0.25) is 0 Å². The normalized spacial score (nSPS) is 13.1. The summed E-state index contributed by atoms with van der Waals surface area (Å²) in [6.45, 7) is 4.86. The Morgan fingerprint density at radius 2 is 2.04 bits per heavy atom. The Labute approximate surface area is 141 Å². The van der Waals surface area contributed by atoms with Crippen LogP contribution < -0.4 is 0 Å². The van der Waals surface area contributed by atoms with Crippen LogP contribution in [0.25, 0.3) is 10.9 Å². The SMILES string of the molecule is CO/N=C(\Cc1cn(CC(C)C)c2cc(Br)ccc12)C(F)(F)F. The van der Waals surface area contributed by atoms with Gasteiger partial charge in [0.25, 0.3) is 0 Å². The first kappa shape index (κ1) is 17.8. The van der Waals surface area contributed by atoms with E-state index in [-0.39, 0.29) is 6.42 Å². The zero-order valence-corrected chi connectivity index (χ0v) is 14.7. The zero-order chi connectivity index (χ0) is 17.2. The number of hydrogen-bond acceptors (Lipinski definition) is 2. The second kappa shape index (κ2) is 6.95. The van der Waals surface area contributed by atoms with Gasteiger partial charge in [0.15, 0.2) is 5.71 Å². The van der Waals surface area contributed by atoms with Gasteiger partial charge in [-0.2, -0.15) is 13.2 Å². The van der Waals surface area contributed by atoms with Gasteiger partial charge in [0.05, 0.1) is 0 Å². The molecule has 1 aromatic heterocycles. The molecule has 2 aromatic rings. The minimum absolute atomic E-state index is 0.319. The molecule has 1 aromatic carbocycles. The number of aromatic nitrogens is 1. The minimum atomic E-state index is -4.52. The van der Waals surface area contributed by atoms with Crippen LogP contribution in [0.3, 0.4) is 0 Å². The predicted octanol–water partition coefficient (Wildman–Crippen LogP) is 5.17. The van der Waals surface area contributed by atoms with Crippen molar-refractivity contribution >= 4 is 32.5 Å². The van der Waals surface area contributed by atoms with Crippen LogP contribution in [0.4, 0.5) is 13.2 Å². The Morgan fingerprint density at radius 1 is 1.35 bits per heavy atom. The van der Waals surface area contributed by atoms with Crippen LogP contribution in [0.15, 0.2) is 34.0 Å². The van der Waals surface area contributed by atoms with Crippen molar-refractivity contribution in [1.29, 1.82) is 0 Å². The fraction of sp³-hybridized carbons (Fsp3) is 0.438. The monoisotopic (exact) mass is 390 g/mol. The van der Waals surface area contributed by atoms with Gasteiger partial charge in [0, 0.05) is 34.5 Å². The molecule has 0 fully saturated rings. The van der Waals surface area contributed by atoms with Crippen LogP contribution in [-0.2, 0) is 17.8 Å². The molecule has 1 heterocycles. The standard InChI is InChI=1S/C16H18BrF3N2O/c1-10(2)8-22-9-11(6-15(21-23-3)16(18,19)20)13-5-4-12(17)7-14(13)22/h4-5,7,9-10H,6,8H2,1-3H3/b21-15+. The van der Waals surface area contributed by atoms with Crippen molar-refractivity contribution in [2.45, 2.75) is 33.0 Å². The van der Waals surface area contributed by atoms with Gasteiger partial charge in [-0.1, -0.05) is 41.0 Å². The van der Waals surface area contributed by atoms with Crippen molar-refractivity contribution in [1.82, 2.24) is 4.57 Å². The Balaban J connectivity index is 2.50. The molecule has 0 unspecified atom stereocenters. The highest BCUT2D eigenvalue weighted by atomic mass is 79.9. The first-order valence-corrected chi connectivity index (χ1v) is 7.96. The van der Waals surface area contributed by atoms with Crippen molar-refractivity contribution in [3.8, 4) is 0 Å². The number of hydrogen-bond donors (Lipinski definition) is 0. The van der Waals surface area contributed by atoms with Crippen LogP contribution in [0.1, 0.15) is 19.4 Å². The molecule has 2 rings (SSSR count). The summed E-state index contributed by atoms with van der Waals surface area (Å²) in [5, 5.41) is 3.95. The van der Waals surface area contributed by atoms with Gasteiger partial charge in [-0.15, -0.1) is 0 Å². The van der Waals surface area contributed by atoms with E-state index in [2.05, 4.69) is 39.8 Å². The third kappa shape index (κ3) is 4.28. The summed E-state index contributed by atoms with van der Waals surface area (Å²) in [6.07, 6.45) is -3.06. The molecule has 0 aliphatic heterocycles. The van der Waals surface area contributed by atoms with Crippen molar-refractivity contribution in [3.63, 3.8) is 0 Å². The largest absolute Gasteiger partial charge is 0.433 e. The van der Waals surface area contributed by atoms with Crippen molar-refractivity contribution in [2.24, 2.45) is 11.1 Å². The Kier molecular flexibility index (Phi) is 5.39. The molecule has 7 heteroatoms. The lowest BCUT2D eigenvalue weighted by Gasteiger charge is -2.09. The summed E-state index contributed by atoms with van der Waals surface area (Å²) < 4.78 is 42.0. The van der Waals surface area contributed by atoms with E-state index in [1.807, 2.05) is 22.8 Å². The van der Waals surface area contributed by atoms with Gasteiger partial charge in [0.1, 0.15) is 7.11 Å². The Hall–Kier alpha value is -1.50. The molecule has 0 bridgehead atoms. The van der Waals surface area contributed by atoms with Gasteiger partial charge in [-0.3, -0.25) is 0 Å². The fourth-order valence-electron chi connectivity index (χ4n) is 2.50. The van der Waals surface area contributed by atoms with E-state index in [9.17, 15) is 13.2 Å². The summed E-state index contributed by atoms with van der Waals surface area (Å²) in [4.78, 5) is 4.36. The molecule has 0 radical (unpaired) electrons. The molecule has 3 nitrogen and oxygen atoms in total. The summed E-state index contributed by atoms with van der Waals surface area (Å²) in [7, 11) is 1.12. The number of alkyl halides is 3. The number of oxime groups is 1. The average Bonchev–Trinajstić information content (AvgIpc) is 2.74. The average molecular weight is 391 g/mol. The zero-order valence-electron chi connectivity index (χ0n) is 13.1. The molecule has 0 N–H and O–H groups in total. The van der Waals surface area contributed by atoms with Gasteiger partial charge in [-0.25, -0.2) is 0 Å². The maximum atomic E-state index is 13.0. The first-order valence-electron chi connectivity index (χ1n) is 7.17. The topological polar surface area (TPSA) is 26.5 Å². The van der Waals surface area contributed by atoms with E-state index in [0.717, 1.165) is 29.0 Å². The van der Waals surface area contributed by atoms with Crippen LogP contribution in [0.2, 0.25) is 0 Å². The molecule has 0 spiro atoms. The quantitative estimate of drug-likeness (QED) is 0.511. The van der Waals surface area contributed by atoms with E-state index in [1.165, 1.54) is 0 Å². The van der Waals surface area contributed by atoms with E-state index < -0.39 is 11.9 Å². The number of rotatable bonds is 5. The highest BCUT2D eigenvalue weighted by Crippen LogP contribution is 2.29. The molecule has 0 atom stereocenters. The van der Waals surface area contributed by atoms with Crippen LogP contribution in [0.5, 0.6) is 0 Å². The summed E-state index contributed by atoms with van der Waals surface area (Å²) in [6, 6.07) is 5.57. The highest BCUT2D eigenvalue weighted by molar-refractivity contribution is 9.10. The van der Waals surface area contributed by atoms with Gasteiger partial charge in [-0.05, 0) is 23.6 Å². The van der Waals surface area contributed by atoms with Crippen molar-refractivity contribution in [2.75, 3.05) is 7.11 Å². The third-order valence-corrected chi connectivity index (χ3v) is 3.87. The van der Waals surface area contributed by atoms with Gasteiger partial charge < -0.3 is 9.40 Å². The van der Waals surface area contributed by atoms with E-state index >= 15 is 0 Å². The summed E-state index contributed by atoms with van der Waals surface area (Å²) >= 11 is 3.41. The third-order valence-electron chi connectivity index (χ3n) is 3.38. The predicted molar refractivity (Wildman–Crippen MR) is 88.7 cm³/mol. The molecule has 0 aliphatic rings. The number of fused-ring (bicyclic) bond motifs is 1. The molecular weight excluding hydrogens is 373 g/mol. The summed E-state index contributed by atoms with van der Waals surface area (Å²) in [5.74, 6) is 0.382. The molecule has 0 saturated carbocycles. The summed E-state index contributed by atoms with van der Waals surface area (Å²) in [5.41, 5.74) is 0.551.